The van der Waals surface area contributed by atoms with Gasteiger partial charge in [-0.05, 0) is 51.5 Å². The van der Waals surface area contributed by atoms with Gasteiger partial charge in [-0.25, -0.2) is 0 Å². The van der Waals surface area contributed by atoms with Crippen molar-refractivity contribution in [2.75, 3.05) is 0 Å². The van der Waals surface area contributed by atoms with Crippen molar-refractivity contribution in [1.82, 2.24) is 10.3 Å². The van der Waals surface area contributed by atoms with Crippen LogP contribution >= 0.6 is 0 Å². The Bertz CT molecular complexity index is 687. The number of aromatic nitrogens is 1. The van der Waals surface area contributed by atoms with E-state index in [9.17, 15) is 4.79 Å². The minimum absolute atomic E-state index is 0.150. The first-order valence-electron chi connectivity index (χ1n) is 6.23. The van der Waals surface area contributed by atoms with Gasteiger partial charge < -0.3 is 10.3 Å². The molecule has 2 aromatic rings. The molecule has 1 aromatic heterocycles. The fourth-order valence-electron chi connectivity index (χ4n) is 1.99. The molecule has 0 aliphatic rings. The van der Waals surface area contributed by atoms with E-state index in [1.807, 2.05) is 26.0 Å². The summed E-state index contributed by atoms with van der Waals surface area (Å²) in [5.74, 6) is 2.41. The third-order valence-electron chi connectivity index (χ3n) is 3.36. The Labute approximate surface area is 113 Å². The van der Waals surface area contributed by atoms with Gasteiger partial charge in [0.15, 0.2) is 0 Å². The van der Waals surface area contributed by atoms with Crippen molar-refractivity contribution in [1.29, 1.82) is 0 Å². The van der Waals surface area contributed by atoms with Gasteiger partial charge in [-0.2, -0.15) is 0 Å². The number of aromatic amines is 1. The van der Waals surface area contributed by atoms with E-state index in [1.54, 1.807) is 19.9 Å². The minimum atomic E-state index is -0.644. The lowest BCUT2D eigenvalue weighted by Gasteiger charge is -2.19. The number of nitrogens with one attached hydrogen (secondary N) is 2. The zero-order chi connectivity index (χ0) is 14.2. The molecule has 2 rings (SSSR count). The monoisotopic (exact) mass is 254 g/mol. The first kappa shape index (κ1) is 13.2. The van der Waals surface area contributed by atoms with Crippen LogP contribution in [0.15, 0.2) is 18.2 Å². The smallest absolute Gasteiger partial charge is 0.252 e. The largest absolute Gasteiger partial charge is 0.358 e. The summed E-state index contributed by atoms with van der Waals surface area (Å²) in [4.78, 5) is 15.5. The summed E-state index contributed by atoms with van der Waals surface area (Å²) in [6.07, 6.45) is 5.38. The molecular formula is C16H18N2O. The second-order valence-electron chi connectivity index (χ2n) is 5.36. The standard InChI is InChI=1S/C16H18N2O/c1-6-16(4,5)18-15(19)12-7-8-14-13(9-12)10(2)11(3)17-14/h1,7-9,17H,2-5H3,(H,18,19). The predicted molar refractivity (Wildman–Crippen MR) is 78.2 cm³/mol. The molecule has 0 saturated heterocycles. The molecule has 2 N–H and O–H groups in total. The van der Waals surface area contributed by atoms with E-state index in [-0.39, 0.29) is 5.91 Å². The summed E-state index contributed by atoms with van der Waals surface area (Å²) in [5.41, 5.74) is 3.31. The van der Waals surface area contributed by atoms with Crippen molar-refractivity contribution < 1.29 is 4.79 Å². The summed E-state index contributed by atoms with van der Waals surface area (Å²) in [6, 6.07) is 5.63. The van der Waals surface area contributed by atoms with E-state index in [0.717, 1.165) is 16.6 Å². The Kier molecular flexibility index (Phi) is 3.11. The molecule has 98 valence electrons. The van der Waals surface area contributed by atoms with Gasteiger partial charge in [0.25, 0.3) is 5.91 Å². The zero-order valence-electron chi connectivity index (χ0n) is 11.7. The maximum Gasteiger partial charge on any atom is 0.252 e. The van der Waals surface area contributed by atoms with Crippen LogP contribution in [0.25, 0.3) is 10.9 Å². The first-order valence-corrected chi connectivity index (χ1v) is 6.23. The third-order valence-corrected chi connectivity index (χ3v) is 3.36. The maximum atomic E-state index is 12.2. The Morgan fingerprint density at radius 1 is 1.37 bits per heavy atom. The van der Waals surface area contributed by atoms with Gasteiger partial charge in [-0.3, -0.25) is 4.79 Å². The molecule has 1 amide bonds. The molecule has 1 heterocycles. The molecule has 0 unspecified atom stereocenters. The normalized spacial score (nSPS) is 11.3. The molecule has 3 heteroatoms. The lowest BCUT2D eigenvalue weighted by Crippen LogP contribution is -2.42. The van der Waals surface area contributed by atoms with Crippen LogP contribution in [0.5, 0.6) is 0 Å². The van der Waals surface area contributed by atoms with E-state index >= 15 is 0 Å². The molecule has 0 fully saturated rings. The molecular weight excluding hydrogens is 236 g/mol. The van der Waals surface area contributed by atoms with E-state index in [2.05, 4.69) is 16.2 Å². The number of fused-ring (bicyclic) bond motifs is 1. The molecule has 1 aromatic carbocycles. The van der Waals surface area contributed by atoms with Crippen LogP contribution in [0, 0.1) is 26.2 Å². The third kappa shape index (κ3) is 2.48. The molecule has 19 heavy (non-hydrogen) atoms. The van der Waals surface area contributed by atoms with Gasteiger partial charge in [-0.15, -0.1) is 6.42 Å². The van der Waals surface area contributed by atoms with Crippen molar-refractivity contribution >= 4 is 16.8 Å². The molecule has 0 spiro atoms. The van der Waals surface area contributed by atoms with Crippen molar-refractivity contribution in [2.45, 2.75) is 33.2 Å². The van der Waals surface area contributed by atoms with Gasteiger partial charge in [0, 0.05) is 22.2 Å². The number of benzene rings is 1. The van der Waals surface area contributed by atoms with Crippen molar-refractivity contribution in [2.24, 2.45) is 0 Å². The molecule has 0 saturated carbocycles. The van der Waals surface area contributed by atoms with E-state index < -0.39 is 5.54 Å². The fraction of sp³-hybridized carbons (Fsp3) is 0.312. The van der Waals surface area contributed by atoms with Gasteiger partial charge >= 0.3 is 0 Å². The highest BCUT2D eigenvalue weighted by Crippen LogP contribution is 2.22. The number of rotatable bonds is 2. The second kappa shape index (κ2) is 4.47. The number of amides is 1. The van der Waals surface area contributed by atoms with E-state index in [4.69, 9.17) is 6.42 Å². The van der Waals surface area contributed by atoms with Crippen LogP contribution in [-0.2, 0) is 0 Å². The Hall–Kier alpha value is -2.21. The Morgan fingerprint density at radius 2 is 2.05 bits per heavy atom. The van der Waals surface area contributed by atoms with Crippen LogP contribution in [0.3, 0.4) is 0 Å². The number of aryl methyl sites for hydroxylation is 2. The quantitative estimate of drug-likeness (QED) is 0.795. The summed E-state index contributed by atoms with van der Waals surface area (Å²) in [7, 11) is 0. The van der Waals surface area contributed by atoms with E-state index in [1.165, 1.54) is 5.56 Å². The molecule has 0 aliphatic carbocycles. The second-order valence-corrected chi connectivity index (χ2v) is 5.36. The van der Waals surface area contributed by atoms with Crippen LogP contribution < -0.4 is 5.32 Å². The lowest BCUT2D eigenvalue weighted by atomic mass is 10.0. The van der Waals surface area contributed by atoms with Crippen LogP contribution in [0.1, 0.15) is 35.5 Å². The summed E-state index contributed by atoms with van der Waals surface area (Å²) in [5, 5.41) is 3.90. The number of hydrogen-bond acceptors (Lipinski definition) is 1. The van der Waals surface area contributed by atoms with Crippen LogP contribution in [0.2, 0.25) is 0 Å². The van der Waals surface area contributed by atoms with Crippen LogP contribution in [0.4, 0.5) is 0 Å². The minimum Gasteiger partial charge on any atom is -0.358 e. The van der Waals surface area contributed by atoms with Crippen molar-refractivity contribution in [3.8, 4) is 12.3 Å². The number of carbonyl (C=O) groups is 1. The van der Waals surface area contributed by atoms with E-state index in [0.29, 0.717) is 5.56 Å². The Morgan fingerprint density at radius 3 is 2.68 bits per heavy atom. The zero-order valence-corrected chi connectivity index (χ0v) is 11.7. The highest BCUT2D eigenvalue weighted by molar-refractivity contribution is 5.99. The summed E-state index contributed by atoms with van der Waals surface area (Å²) < 4.78 is 0. The fourth-order valence-corrected chi connectivity index (χ4v) is 1.99. The van der Waals surface area contributed by atoms with Gasteiger partial charge in [-0.1, -0.05) is 5.92 Å². The van der Waals surface area contributed by atoms with Gasteiger partial charge in [0.1, 0.15) is 0 Å². The van der Waals surface area contributed by atoms with Crippen LogP contribution in [-0.4, -0.2) is 16.4 Å². The number of H-pyrrole nitrogens is 1. The summed E-state index contributed by atoms with van der Waals surface area (Å²) >= 11 is 0. The molecule has 0 aliphatic heterocycles. The topological polar surface area (TPSA) is 44.9 Å². The highest BCUT2D eigenvalue weighted by Gasteiger charge is 2.18. The first-order chi connectivity index (χ1) is 8.84. The van der Waals surface area contributed by atoms with Crippen molar-refractivity contribution in [3.63, 3.8) is 0 Å². The predicted octanol–water partition coefficient (Wildman–Crippen LogP) is 2.93. The lowest BCUT2D eigenvalue weighted by molar-refractivity contribution is 0.0930. The number of hydrogen-bond donors (Lipinski definition) is 2. The van der Waals surface area contributed by atoms with Gasteiger partial charge in [0.05, 0.1) is 5.54 Å². The number of terminal acetylenes is 1. The molecule has 3 nitrogen and oxygen atoms in total. The summed E-state index contributed by atoms with van der Waals surface area (Å²) in [6.45, 7) is 7.67. The number of carbonyl (C=O) groups excluding carboxylic acids is 1. The average molecular weight is 254 g/mol. The maximum absolute atomic E-state index is 12.2. The Balaban J connectivity index is 2.39. The average Bonchev–Trinajstić information content (AvgIpc) is 2.64. The molecule has 0 bridgehead atoms. The van der Waals surface area contributed by atoms with Gasteiger partial charge in [0.2, 0.25) is 0 Å². The van der Waals surface area contributed by atoms with Crippen molar-refractivity contribution in [3.05, 3.63) is 35.0 Å². The molecule has 0 radical (unpaired) electrons. The highest BCUT2D eigenvalue weighted by atomic mass is 16.1. The SMILES string of the molecule is C#CC(C)(C)NC(=O)c1ccc2[nH]c(C)c(C)c2c1. The molecule has 0 atom stereocenters.